The molecule has 0 saturated carbocycles. The summed E-state index contributed by atoms with van der Waals surface area (Å²) >= 11 is 0. The first-order chi connectivity index (χ1) is 6.33. The zero-order valence-corrected chi connectivity index (χ0v) is 8.54. The predicted octanol–water partition coefficient (Wildman–Crippen LogP) is 1.84. The Morgan fingerprint density at radius 3 is 2.46 bits per heavy atom. The molecule has 1 heterocycles. The summed E-state index contributed by atoms with van der Waals surface area (Å²) in [6.45, 7) is 7.23. The molecule has 2 heteroatoms. The number of nitrogens with zero attached hydrogens (tertiary/aromatic N) is 1. The lowest BCUT2D eigenvalue weighted by Gasteiger charge is -2.29. The monoisotopic (exact) mass is 184 g/mol. The maximum absolute atomic E-state index is 9.30. The molecular weight excluding hydrogens is 162 g/mol. The molecule has 1 aliphatic heterocycles. The van der Waals surface area contributed by atoms with Gasteiger partial charge in [0.05, 0.1) is 6.10 Å². The van der Waals surface area contributed by atoms with Crippen molar-refractivity contribution in [3.05, 3.63) is 6.92 Å². The van der Waals surface area contributed by atoms with Crippen LogP contribution in [0.15, 0.2) is 0 Å². The lowest BCUT2D eigenvalue weighted by molar-refractivity contribution is 0.0818. The fourth-order valence-corrected chi connectivity index (χ4v) is 1.83. The Hall–Kier alpha value is -0.0800. The van der Waals surface area contributed by atoms with E-state index in [2.05, 4.69) is 11.8 Å². The Morgan fingerprint density at radius 1 is 1.15 bits per heavy atom. The van der Waals surface area contributed by atoms with Gasteiger partial charge in [0.15, 0.2) is 0 Å². The summed E-state index contributed by atoms with van der Waals surface area (Å²) in [4.78, 5) is 2.47. The van der Waals surface area contributed by atoms with Gasteiger partial charge in [0.2, 0.25) is 0 Å². The van der Waals surface area contributed by atoms with Gasteiger partial charge >= 0.3 is 0 Å². The van der Waals surface area contributed by atoms with Crippen LogP contribution >= 0.6 is 0 Å². The first-order valence-electron chi connectivity index (χ1n) is 5.52. The maximum Gasteiger partial charge on any atom is 0.0564 e. The molecule has 0 atom stereocenters. The molecule has 77 valence electrons. The van der Waals surface area contributed by atoms with Crippen molar-refractivity contribution in [3.8, 4) is 0 Å². The highest BCUT2D eigenvalue weighted by Crippen LogP contribution is 2.11. The minimum absolute atomic E-state index is 0.0314. The Balaban J connectivity index is 1.96. The minimum atomic E-state index is -0.0314. The molecule has 1 fully saturated rings. The van der Waals surface area contributed by atoms with Gasteiger partial charge in [0.1, 0.15) is 0 Å². The van der Waals surface area contributed by atoms with Gasteiger partial charge in [-0.25, -0.2) is 0 Å². The number of aliphatic hydroxyl groups is 1. The molecule has 0 amide bonds. The van der Waals surface area contributed by atoms with E-state index in [9.17, 15) is 5.11 Å². The van der Waals surface area contributed by atoms with Crippen LogP contribution in [0, 0.1) is 6.92 Å². The third-order valence-corrected chi connectivity index (χ3v) is 2.78. The second kappa shape index (κ2) is 6.39. The summed E-state index contributed by atoms with van der Waals surface area (Å²) in [5, 5.41) is 9.30. The maximum atomic E-state index is 9.30. The summed E-state index contributed by atoms with van der Waals surface area (Å²) in [5.74, 6) is 0. The van der Waals surface area contributed by atoms with E-state index >= 15 is 0 Å². The minimum Gasteiger partial charge on any atom is -0.393 e. The van der Waals surface area contributed by atoms with Gasteiger partial charge in [-0.15, -0.1) is 0 Å². The third kappa shape index (κ3) is 4.63. The summed E-state index contributed by atoms with van der Waals surface area (Å²) in [6.07, 6.45) is 6.84. The van der Waals surface area contributed by atoms with Crippen molar-refractivity contribution in [1.29, 1.82) is 0 Å². The highest BCUT2D eigenvalue weighted by Gasteiger charge is 2.15. The smallest absolute Gasteiger partial charge is 0.0564 e. The Labute approximate surface area is 81.9 Å². The van der Waals surface area contributed by atoms with Gasteiger partial charge in [-0.2, -0.15) is 0 Å². The number of unbranched alkanes of at least 4 members (excludes halogenated alkanes) is 3. The topological polar surface area (TPSA) is 23.5 Å². The van der Waals surface area contributed by atoms with Gasteiger partial charge in [-0.1, -0.05) is 26.2 Å². The Kier molecular flexibility index (Phi) is 5.40. The molecule has 0 aromatic heterocycles. The highest BCUT2D eigenvalue weighted by molar-refractivity contribution is 4.70. The molecular formula is C11H22NO. The van der Waals surface area contributed by atoms with E-state index in [1.54, 1.807) is 0 Å². The second-order valence-electron chi connectivity index (χ2n) is 3.99. The van der Waals surface area contributed by atoms with E-state index in [0.29, 0.717) is 0 Å². The number of aliphatic hydroxyl groups excluding tert-OH is 1. The fourth-order valence-electron chi connectivity index (χ4n) is 1.83. The number of likely N-dealkylation sites (tertiary alicyclic amines) is 1. The average Bonchev–Trinajstić information content (AvgIpc) is 2.15. The zero-order valence-electron chi connectivity index (χ0n) is 8.54. The number of rotatable bonds is 5. The van der Waals surface area contributed by atoms with Crippen LogP contribution in [0.2, 0.25) is 0 Å². The standard InChI is InChI=1S/C11H22NO/c1-2-3-4-5-8-12-9-6-11(13)7-10-12/h11,13H,1-10H2. The normalized spacial score (nSPS) is 20.8. The van der Waals surface area contributed by atoms with Crippen LogP contribution in [-0.4, -0.2) is 35.7 Å². The van der Waals surface area contributed by atoms with Gasteiger partial charge in [0.25, 0.3) is 0 Å². The van der Waals surface area contributed by atoms with Crippen molar-refractivity contribution in [2.45, 2.75) is 44.6 Å². The van der Waals surface area contributed by atoms with Crippen LogP contribution in [-0.2, 0) is 0 Å². The fraction of sp³-hybridized carbons (Fsp3) is 0.909. The van der Waals surface area contributed by atoms with Gasteiger partial charge in [-0.3, -0.25) is 0 Å². The molecule has 1 radical (unpaired) electrons. The molecule has 1 aliphatic rings. The SMILES string of the molecule is [CH2]CCCCCN1CCC(O)CC1. The average molecular weight is 184 g/mol. The predicted molar refractivity (Wildman–Crippen MR) is 55.5 cm³/mol. The van der Waals surface area contributed by atoms with Crippen LogP contribution in [0.3, 0.4) is 0 Å². The largest absolute Gasteiger partial charge is 0.393 e. The van der Waals surface area contributed by atoms with E-state index in [-0.39, 0.29) is 6.10 Å². The van der Waals surface area contributed by atoms with Crippen LogP contribution in [0.1, 0.15) is 38.5 Å². The molecule has 0 bridgehead atoms. The summed E-state index contributed by atoms with van der Waals surface area (Å²) in [6, 6.07) is 0. The molecule has 0 aliphatic carbocycles. The highest BCUT2D eigenvalue weighted by atomic mass is 16.3. The summed E-state index contributed by atoms with van der Waals surface area (Å²) in [5.41, 5.74) is 0. The lowest BCUT2D eigenvalue weighted by Crippen LogP contribution is -2.36. The van der Waals surface area contributed by atoms with Crippen molar-refractivity contribution in [2.75, 3.05) is 19.6 Å². The molecule has 1 rings (SSSR count). The molecule has 0 spiro atoms. The van der Waals surface area contributed by atoms with E-state index in [1.165, 1.54) is 25.8 Å². The van der Waals surface area contributed by atoms with Gasteiger partial charge < -0.3 is 10.0 Å². The van der Waals surface area contributed by atoms with Gasteiger partial charge in [0, 0.05) is 13.1 Å². The number of piperidine rings is 1. The Bertz CT molecular complexity index is 119. The van der Waals surface area contributed by atoms with Crippen molar-refractivity contribution in [3.63, 3.8) is 0 Å². The molecule has 0 aromatic carbocycles. The van der Waals surface area contributed by atoms with E-state index < -0.39 is 0 Å². The molecule has 0 aromatic rings. The quantitative estimate of drug-likeness (QED) is 0.659. The third-order valence-electron chi connectivity index (χ3n) is 2.78. The zero-order chi connectivity index (χ0) is 9.52. The second-order valence-corrected chi connectivity index (χ2v) is 3.99. The molecule has 0 unspecified atom stereocenters. The number of hydrogen-bond acceptors (Lipinski definition) is 2. The molecule has 1 saturated heterocycles. The van der Waals surface area contributed by atoms with Crippen molar-refractivity contribution in [2.24, 2.45) is 0 Å². The molecule has 1 N–H and O–H groups in total. The number of hydrogen-bond donors (Lipinski definition) is 1. The van der Waals surface area contributed by atoms with E-state index in [1.807, 2.05) is 0 Å². The lowest BCUT2D eigenvalue weighted by atomic mass is 10.1. The van der Waals surface area contributed by atoms with Gasteiger partial charge in [-0.05, 0) is 25.8 Å². The summed E-state index contributed by atoms with van der Waals surface area (Å²) in [7, 11) is 0. The molecule has 13 heavy (non-hydrogen) atoms. The Morgan fingerprint density at radius 2 is 1.85 bits per heavy atom. The first-order valence-corrected chi connectivity index (χ1v) is 5.52. The van der Waals surface area contributed by atoms with Crippen LogP contribution < -0.4 is 0 Å². The summed E-state index contributed by atoms with van der Waals surface area (Å²) < 4.78 is 0. The van der Waals surface area contributed by atoms with Crippen LogP contribution in [0.5, 0.6) is 0 Å². The van der Waals surface area contributed by atoms with E-state index in [0.717, 1.165) is 32.4 Å². The van der Waals surface area contributed by atoms with Crippen LogP contribution in [0.4, 0.5) is 0 Å². The van der Waals surface area contributed by atoms with Crippen molar-refractivity contribution >= 4 is 0 Å². The van der Waals surface area contributed by atoms with Crippen molar-refractivity contribution in [1.82, 2.24) is 4.90 Å². The van der Waals surface area contributed by atoms with Crippen molar-refractivity contribution < 1.29 is 5.11 Å². The van der Waals surface area contributed by atoms with Crippen LogP contribution in [0.25, 0.3) is 0 Å². The first kappa shape index (κ1) is 11.0. The van der Waals surface area contributed by atoms with E-state index in [4.69, 9.17) is 0 Å². The molecule has 2 nitrogen and oxygen atoms in total.